The van der Waals surface area contributed by atoms with Gasteiger partial charge in [-0.25, -0.2) is 0 Å². The largest absolute Gasteiger partial charge is 0.496 e. The SMILES string of the molecule is COc1ccc(Br)cc1CC(C)(O)c1cccc(Br)c1. The van der Waals surface area contributed by atoms with Crippen molar-refractivity contribution < 1.29 is 9.84 Å². The smallest absolute Gasteiger partial charge is 0.122 e. The Kier molecular flexibility index (Phi) is 4.89. The molecule has 106 valence electrons. The van der Waals surface area contributed by atoms with E-state index in [2.05, 4.69) is 31.9 Å². The molecule has 0 saturated heterocycles. The molecule has 4 heteroatoms. The monoisotopic (exact) mass is 398 g/mol. The van der Waals surface area contributed by atoms with Gasteiger partial charge in [-0.15, -0.1) is 0 Å². The third kappa shape index (κ3) is 3.62. The molecule has 0 spiro atoms. The lowest BCUT2D eigenvalue weighted by Crippen LogP contribution is -2.24. The van der Waals surface area contributed by atoms with Crippen LogP contribution >= 0.6 is 31.9 Å². The maximum Gasteiger partial charge on any atom is 0.122 e. The number of rotatable bonds is 4. The minimum Gasteiger partial charge on any atom is -0.496 e. The molecule has 0 aliphatic carbocycles. The van der Waals surface area contributed by atoms with E-state index in [1.165, 1.54) is 0 Å². The highest BCUT2D eigenvalue weighted by Crippen LogP contribution is 2.32. The fraction of sp³-hybridized carbons (Fsp3) is 0.250. The van der Waals surface area contributed by atoms with Crippen molar-refractivity contribution in [3.8, 4) is 5.75 Å². The zero-order chi connectivity index (χ0) is 14.8. The number of hydrogen-bond donors (Lipinski definition) is 1. The Hall–Kier alpha value is -0.840. The van der Waals surface area contributed by atoms with Crippen molar-refractivity contribution in [2.24, 2.45) is 0 Å². The summed E-state index contributed by atoms with van der Waals surface area (Å²) < 4.78 is 7.29. The fourth-order valence-electron chi connectivity index (χ4n) is 2.18. The van der Waals surface area contributed by atoms with Crippen LogP contribution in [0.3, 0.4) is 0 Å². The van der Waals surface area contributed by atoms with E-state index in [0.29, 0.717) is 6.42 Å². The predicted molar refractivity (Wildman–Crippen MR) is 88.1 cm³/mol. The molecule has 0 aliphatic rings. The average molecular weight is 400 g/mol. The predicted octanol–water partition coefficient (Wildman–Crippen LogP) is 4.67. The van der Waals surface area contributed by atoms with E-state index < -0.39 is 5.60 Å². The summed E-state index contributed by atoms with van der Waals surface area (Å²) >= 11 is 6.89. The van der Waals surface area contributed by atoms with E-state index in [4.69, 9.17) is 4.74 Å². The van der Waals surface area contributed by atoms with Crippen LogP contribution in [0.5, 0.6) is 5.75 Å². The van der Waals surface area contributed by atoms with Gasteiger partial charge in [0.1, 0.15) is 5.75 Å². The number of halogens is 2. The second-order valence-electron chi connectivity index (χ2n) is 4.92. The zero-order valence-electron chi connectivity index (χ0n) is 11.4. The summed E-state index contributed by atoms with van der Waals surface area (Å²) in [5.74, 6) is 0.781. The van der Waals surface area contributed by atoms with Gasteiger partial charge in [-0.1, -0.05) is 44.0 Å². The van der Waals surface area contributed by atoms with Gasteiger partial charge in [0.25, 0.3) is 0 Å². The molecule has 0 fully saturated rings. The third-order valence-corrected chi connectivity index (χ3v) is 4.21. The Balaban J connectivity index is 2.35. The Morgan fingerprint density at radius 3 is 2.45 bits per heavy atom. The van der Waals surface area contributed by atoms with E-state index in [1.54, 1.807) is 7.11 Å². The molecule has 0 aromatic heterocycles. The van der Waals surface area contributed by atoms with E-state index in [0.717, 1.165) is 25.8 Å². The summed E-state index contributed by atoms with van der Waals surface area (Å²) in [6.07, 6.45) is 0.478. The first-order chi connectivity index (χ1) is 9.42. The molecule has 2 aromatic rings. The molecule has 0 amide bonds. The van der Waals surface area contributed by atoms with Crippen molar-refractivity contribution in [2.75, 3.05) is 7.11 Å². The third-order valence-electron chi connectivity index (χ3n) is 3.22. The molecule has 0 aliphatic heterocycles. The second kappa shape index (κ2) is 6.29. The van der Waals surface area contributed by atoms with Gasteiger partial charge in [-0.3, -0.25) is 0 Å². The molecule has 2 nitrogen and oxygen atoms in total. The molecule has 1 unspecified atom stereocenters. The highest BCUT2D eigenvalue weighted by atomic mass is 79.9. The van der Waals surface area contributed by atoms with E-state index in [-0.39, 0.29) is 0 Å². The topological polar surface area (TPSA) is 29.5 Å². The Labute approximate surface area is 136 Å². The first kappa shape index (κ1) is 15.5. The minimum absolute atomic E-state index is 0.478. The van der Waals surface area contributed by atoms with Crippen LogP contribution in [0.15, 0.2) is 51.4 Å². The van der Waals surface area contributed by atoms with Crippen molar-refractivity contribution >= 4 is 31.9 Å². The molecule has 1 atom stereocenters. The van der Waals surface area contributed by atoms with Gasteiger partial charge in [0.2, 0.25) is 0 Å². The van der Waals surface area contributed by atoms with Crippen molar-refractivity contribution in [2.45, 2.75) is 18.9 Å². The van der Waals surface area contributed by atoms with Crippen LogP contribution in [0.4, 0.5) is 0 Å². The van der Waals surface area contributed by atoms with Crippen LogP contribution in [0, 0.1) is 0 Å². The summed E-state index contributed by atoms with van der Waals surface area (Å²) in [5, 5.41) is 10.8. The highest BCUT2D eigenvalue weighted by molar-refractivity contribution is 9.10. The Bertz CT molecular complexity index is 609. The highest BCUT2D eigenvalue weighted by Gasteiger charge is 2.25. The molecule has 0 bridgehead atoms. The van der Waals surface area contributed by atoms with Crippen LogP contribution < -0.4 is 4.74 Å². The summed E-state index contributed by atoms with van der Waals surface area (Å²) in [6, 6.07) is 13.5. The Morgan fingerprint density at radius 2 is 1.80 bits per heavy atom. The van der Waals surface area contributed by atoms with Gasteiger partial charge >= 0.3 is 0 Å². The number of hydrogen-bond acceptors (Lipinski definition) is 2. The van der Waals surface area contributed by atoms with Gasteiger partial charge < -0.3 is 9.84 Å². The molecule has 0 saturated carbocycles. The molecular formula is C16H16Br2O2. The summed E-state index contributed by atoms with van der Waals surface area (Å²) in [7, 11) is 1.64. The summed E-state index contributed by atoms with van der Waals surface area (Å²) in [5.41, 5.74) is 0.874. The molecule has 2 rings (SSSR count). The summed E-state index contributed by atoms with van der Waals surface area (Å²) in [4.78, 5) is 0. The zero-order valence-corrected chi connectivity index (χ0v) is 14.5. The molecule has 0 heterocycles. The van der Waals surface area contributed by atoms with Crippen molar-refractivity contribution in [3.63, 3.8) is 0 Å². The van der Waals surface area contributed by atoms with Gasteiger partial charge in [-0.2, -0.15) is 0 Å². The van der Waals surface area contributed by atoms with Gasteiger partial charge in [0, 0.05) is 15.4 Å². The molecular weight excluding hydrogens is 384 g/mol. The average Bonchev–Trinajstić information content (AvgIpc) is 2.38. The molecule has 1 N–H and O–H groups in total. The van der Waals surface area contributed by atoms with Gasteiger partial charge in [0.05, 0.1) is 12.7 Å². The fourth-order valence-corrected chi connectivity index (χ4v) is 2.99. The molecule has 2 aromatic carbocycles. The van der Waals surface area contributed by atoms with Gasteiger partial charge in [-0.05, 0) is 48.4 Å². The van der Waals surface area contributed by atoms with Crippen molar-refractivity contribution in [1.29, 1.82) is 0 Å². The van der Waals surface area contributed by atoms with Crippen molar-refractivity contribution in [3.05, 3.63) is 62.5 Å². The van der Waals surface area contributed by atoms with Crippen LogP contribution in [0.1, 0.15) is 18.1 Å². The minimum atomic E-state index is -0.960. The maximum absolute atomic E-state index is 10.8. The maximum atomic E-state index is 10.8. The van der Waals surface area contributed by atoms with Gasteiger partial charge in [0.15, 0.2) is 0 Å². The first-order valence-corrected chi connectivity index (χ1v) is 7.82. The standard InChI is InChI=1S/C16H16Br2O2/c1-16(19,12-4-3-5-13(17)9-12)10-11-8-14(18)6-7-15(11)20-2/h3-9,19H,10H2,1-2H3. The van der Waals surface area contributed by atoms with Crippen LogP contribution in [0.2, 0.25) is 0 Å². The molecule has 20 heavy (non-hydrogen) atoms. The number of methoxy groups -OCH3 is 1. The summed E-state index contributed by atoms with van der Waals surface area (Å²) in [6.45, 7) is 1.81. The van der Waals surface area contributed by atoms with Crippen LogP contribution in [-0.2, 0) is 12.0 Å². The van der Waals surface area contributed by atoms with E-state index in [9.17, 15) is 5.11 Å². The van der Waals surface area contributed by atoms with E-state index in [1.807, 2.05) is 49.4 Å². The second-order valence-corrected chi connectivity index (χ2v) is 6.75. The number of benzene rings is 2. The van der Waals surface area contributed by atoms with Crippen LogP contribution in [0.25, 0.3) is 0 Å². The Morgan fingerprint density at radius 1 is 1.10 bits per heavy atom. The lowest BCUT2D eigenvalue weighted by atomic mass is 9.89. The molecule has 0 radical (unpaired) electrons. The van der Waals surface area contributed by atoms with E-state index >= 15 is 0 Å². The van der Waals surface area contributed by atoms with Crippen LogP contribution in [-0.4, -0.2) is 12.2 Å². The number of aliphatic hydroxyl groups is 1. The quantitative estimate of drug-likeness (QED) is 0.809. The number of ether oxygens (including phenoxy) is 1. The lowest BCUT2D eigenvalue weighted by molar-refractivity contribution is 0.0569. The lowest BCUT2D eigenvalue weighted by Gasteiger charge is -2.25. The normalized spacial score (nSPS) is 13.8. The first-order valence-electron chi connectivity index (χ1n) is 6.23. The van der Waals surface area contributed by atoms with Crippen molar-refractivity contribution in [1.82, 2.24) is 0 Å².